The average molecular weight is 478 g/mol. The van der Waals surface area contributed by atoms with Gasteiger partial charge in [0.2, 0.25) is 0 Å². The Kier molecular flexibility index (Phi) is 7.44. The van der Waals surface area contributed by atoms with Crippen LogP contribution in [0.15, 0.2) is 29.4 Å². The fourth-order valence-corrected chi connectivity index (χ4v) is 4.67. The van der Waals surface area contributed by atoms with Crippen molar-refractivity contribution >= 4 is 28.6 Å². The number of anilines is 2. The minimum Gasteiger partial charge on any atom is -0.462 e. The van der Waals surface area contributed by atoms with Gasteiger partial charge in [0, 0.05) is 42.3 Å². The number of rotatable bonds is 8. The Morgan fingerprint density at radius 1 is 1.09 bits per heavy atom. The number of likely N-dealkylation sites (tertiary alicyclic amines) is 1. The maximum atomic E-state index is 6.00. The first-order valence-electron chi connectivity index (χ1n) is 12.6. The lowest BCUT2D eigenvalue weighted by molar-refractivity contribution is 0.122. The molecular weight excluding hydrogens is 442 g/mol. The molecule has 0 saturated carbocycles. The molecule has 2 aliphatic heterocycles. The minimum absolute atomic E-state index is 0.396. The van der Waals surface area contributed by atoms with Gasteiger partial charge in [0.05, 0.1) is 30.8 Å². The molecule has 0 bridgehead atoms. The molecule has 2 fully saturated rings. The number of aromatic nitrogens is 3. The van der Waals surface area contributed by atoms with Crippen molar-refractivity contribution < 1.29 is 9.47 Å². The Labute approximate surface area is 206 Å². The number of aryl methyl sites for hydroxylation is 2. The lowest BCUT2D eigenvalue weighted by Crippen LogP contribution is -2.37. The van der Waals surface area contributed by atoms with Crippen molar-refractivity contribution in [3.63, 3.8) is 0 Å². The largest absolute Gasteiger partial charge is 0.462 e. The zero-order chi connectivity index (χ0) is 24.0. The number of hydrogen-bond acceptors (Lipinski definition) is 8. The predicted molar refractivity (Wildman–Crippen MR) is 140 cm³/mol. The summed E-state index contributed by atoms with van der Waals surface area (Å²) in [5.74, 6) is 0.845. The smallest absolute Gasteiger partial charge is 0.319 e. The summed E-state index contributed by atoms with van der Waals surface area (Å²) in [6.07, 6.45) is 5.60. The summed E-state index contributed by atoms with van der Waals surface area (Å²) in [6, 6.07) is 8.55. The van der Waals surface area contributed by atoms with Crippen LogP contribution in [0.25, 0.3) is 10.9 Å². The number of nitrogens with one attached hydrogen (secondary N) is 2. The van der Waals surface area contributed by atoms with E-state index in [0.717, 1.165) is 49.7 Å². The van der Waals surface area contributed by atoms with E-state index in [1.807, 2.05) is 12.1 Å². The Balaban J connectivity index is 1.29. The summed E-state index contributed by atoms with van der Waals surface area (Å²) in [4.78, 5) is 17.4. The molecule has 2 aromatic heterocycles. The second-order valence-corrected chi connectivity index (χ2v) is 9.29. The van der Waals surface area contributed by atoms with Gasteiger partial charge in [0.25, 0.3) is 0 Å². The Morgan fingerprint density at radius 2 is 1.91 bits per heavy atom. The van der Waals surface area contributed by atoms with Crippen LogP contribution < -0.4 is 15.1 Å². The maximum absolute atomic E-state index is 6.00. The molecule has 186 valence electrons. The minimum atomic E-state index is 0.396. The van der Waals surface area contributed by atoms with E-state index in [0.29, 0.717) is 31.5 Å². The molecule has 9 nitrogen and oxygen atoms in total. The average Bonchev–Trinajstić information content (AvgIpc) is 3.18. The molecule has 2 saturated heterocycles. The van der Waals surface area contributed by atoms with Gasteiger partial charge in [-0.2, -0.15) is 15.1 Å². The molecule has 3 aromatic rings. The molecule has 2 N–H and O–H groups in total. The third-order valence-electron chi connectivity index (χ3n) is 6.83. The molecule has 0 aliphatic carbocycles. The topological polar surface area (TPSA) is 90.9 Å². The van der Waals surface area contributed by atoms with E-state index in [-0.39, 0.29) is 0 Å². The van der Waals surface area contributed by atoms with Gasteiger partial charge in [0.1, 0.15) is 12.4 Å². The zero-order valence-corrected chi connectivity index (χ0v) is 20.7. The first-order chi connectivity index (χ1) is 17.2. The van der Waals surface area contributed by atoms with Crippen molar-refractivity contribution in [2.45, 2.75) is 33.1 Å². The number of morpholine rings is 1. The van der Waals surface area contributed by atoms with Gasteiger partial charge >= 0.3 is 6.01 Å². The van der Waals surface area contributed by atoms with Crippen LogP contribution in [0.3, 0.4) is 0 Å². The first-order valence-corrected chi connectivity index (χ1v) is 12.6. The van der Waals surface area contributed by atoms with E-state index in [4.69, 9.17) is 9.47 Å². The monoisotopic (exact) mass is 477 g/mol. The molecule has 0 amide bonds. The number of aromatic amines is 1. The van der Waals surface area contributed by atoms with Crippen molar-refractivity contribution in [1.29, 1.82) is 0 Å². The number of hydrazone groups is 1. The molecule has 0 unspecified atom stereocenters. The first kappa shape index (κ1) is 23.6. The molecule has 2 aliphatic rings. The SMILES string of the molecule is Cc1[nH]c2ccc(N/N=C/c3cc(N4CCOCC4)nc(OCCN4CCCCC4)n3)cc2c1C. The predicted octanol–water partition coefficient (Wildman–Crippen LogP) is 3.72. The molecule has 0 atom stereocenters. The van der Waals surface area contributed by atoms with E-state index in [1.54, 1.807) is 6.21 Å². The van der Waals surface area contributed by atoms with Gasteiger partial charge in [-0.1, -0.05) is 6.42 Å². The summed E-state index contributed by atoms with van der Waals surface area (Å²) in [6.45, 7) is 11.0. The highest BCUT2D eigenvalue weighted by Crippen LogP contribution is 2.24. The van der Waals surface area contributed by atoms with Crippen molar-refractivity contribution in [2.24, 2.45) is 5.10 Å². The van der Waals surface area contributed by atoms with E-state index in [1.165, 1.54) is 35.9 Å². The standard InChI is InChI=1S/C26H35N7O2/c1-19-20(2)28-24-7-6-21(16-23(19)24)31-27-18-22-17-25(33-11-13-34-14-12-33)30-26(29-22)35-15-10-32-8-4-3-5-9-32/h6-7,16-18,28,31H,3-5,8-15H2,1-2H3/b27-18+. The van der Waals surface area contributed by atoms with Crippen LogP contribution >= 0.6 is 0 Å². The molecule has 9 heteroatoms. The molecule has 5 rings (SSSR count). The number of ether oxygens (including phenoxy) is 2. The molecule has 35 heavy (non-hydrogen) atoms. The number of piperidine rings is 1. The fraction of sp³-hybridized carbons (Fsp3) is 0.500. The van der Waals surface area contributed by atoms with Crippen LogP contribution in [0.4, 0.5) is 11.5 Å². The molecular formula is C26H35N7O2. The number of hydrogen-bond donors (Lipinski definition) is 2. The van der Waals surface area contributed by atoms with Crippen molar-refractivity contribution in [1.82, 2.24) is 19.9 Å². The summed E-state index contributed by atoms with van der Waals surface area (Å²) >= 11 is 0. The zero-order valence-electron chi connectivity index (χ0n) is 20.7. The van der Waals surface area contributed by atoms with E-state index < -0.39 is 0 Å². The normalized spacial score (nSPS) is 17.4. The maximum Gasteiger partial charge on any atom is 0.319 e. The number of nitrogens with zero attached hydrogens (tertiary/aromatic N) is 5. The van der Waals surface area contributed by atoms with Crippen molar-refractivity contribution in [3.05, 3.63) is 41.2 Å². The Bertz CT molecular complexity index is 1160. The van der Waals surface area contributed by atoms with Crippen LogP contribution in [-0.4, -0.2) is 78.6 Å². The lowest BCUT2D eigenvalue weighted by Gasteiger charge is -2.28. The van der Waals surface area contributed by atoms with Crippen molar-refractivity contribution in [2.75, 3.05) is 62.9 Å². The number of H-pyrrole nitrogens is 1. The second kappa shape index (κ2) is 11.0. The van der Waals surface area contributed by atoms with Crippen LogP contribution in [0.5, 0.6) is 6.01 Å². The summed E-state index contributed by atoms with van der Waals surface area (Å²) in [7, 11) is 0. The van der Waals surface area contributed by atoms with Gasteiger partial charge < -0.3 is 19.4 Å². The molecule has 0 spiro atoms. The third-order valence-corrected chi connectivity index (χ3v) is 6.83. The highest BCUT2D eigenvalue weighted by molar-refractivity contribution is 5.87. The molecule has 1 aromatic carbocycles. The Hall–Kier alpha value is -3.17. The summed E-state index contributed by atoms with van der Waals surface area (Å²) in [5.41, 5.74) is 8.34. The van der Waals surface area contributed by atoms with Crippen molar-refractivity contribution in [3.8, 4) is 6.01 Å². The fourth-order valence-electron chi connectivity index (χ4n) is 4.67. The third kappa shape index (κ3) is 5.91. The van der Waals surface area contributed by atoms with Gasteiger partial charge in [-0.15, -0.1) is 0 Å². The van der Waals surface area contributed by atoms with Gasteiger partial charge in [-0.3, -0.25) is 10.3 Å². The quantitative estimate of drug-likeness (QED) is 0.377. The molecule has 0 radical (unpaired) electrons. The van der Waals surface area contributed by atoms with Crippen LogP contribution in [-0.2, 0) is 4.74 Å². The van der Waals surface area contributed by atoms with E-state index >= 15 is 0 Å². The second-order valence-electron chi connectivity index (χ2n) is 9.29. The number of fused-ring (bicyclic) bond motifs is 1. The van der Waals surface area contributed by atoms with E-state index in [2.05, 4.69) is 61.3 Å². The van der Waals surface area contributed by atoms with Crippen LogP contribution in [0.1, 0.15) is 36.2 Å². The van der Waals surface area contributed by atoms with Crippen LogP contribution in [0.2, 0.25) is 0 Å². The summed E-state index contributed by atoms with van der Waals surface area (Å²) < 4.78 is 11.5. The van der Waals surface area contributed by atoms with E-state index in [9.17, 15) is 0 Å². The summed E-state index contributed by atoms with van der Waals surface area (Å²) in [5, 5.41) is 5.65. The van der Waals surface area contributed by atoms with Gasteiger partial charge in [0.15, 0.2) is 0 Å². The Morgan fingerprint density at radius 3 is 2.74 bits per heavy atom. The highest BCUT2D eigenvalue weighted by atomic mass is 16.5. The van der Waals surface area contributed by atoms with Crippen LogP contribution in [0, 0.1) is 13.8 Å². The van der Waals surface area contributed by atoms with Gasteiger partial charge in [-0.05, 0) is 63.5 Å². The lowest BCUT2D eigenvalue weighted by atomic mass is 10.1. The van der Waals surface area contributed by atoms with Gasteiger partial charge in [-0.25, -0.2) is 0 Å². The molecule has 4 heterocycles. The number of benzene rings is 1. The highest BCUT2D eigenvalue weighted by Gasteiger charge is 2.16.